The molecule has 5 nitrogen and oxygen atoms in total. The van der Waals surface area contributed by atoms with Crippen molar-refractivity contribution in [3.63, 3.8) is 0 Å². The van der Waals surface area contributed by atoms with Gasteiger partial charge in [0.25, 0.3) is 0 Å². The third-order valence-electron chi connectivity index (χ3n) is 4.25. The second-order valence-corrected chi connectivity index (χ2v) is 9.68. The van der Waals surface area contributed by atoms with Gasteiger partial charge in [0.05, 0.1) is 11.5 Å². The molecule has 1 unspecified atom stereocenters. The highest BCUT2D eigenvalue weighted by Crippen LogP contribution is 2.20. The van der Waals surface area contributed by atoms with E-state index in [9.17, 15) is 13.2 Å². The number of halogens is 1. The Morgan fingerprint density at radius 3 is 2.60 bits per heavy atom. The Bertz CT molecular complexity index is 732. The maximum absolute atomic E-state index is 12.7. The second kappa shape index (κ2) is 8.96. The first-order valence-electron chi connectivity index (χ1n) is 8.37. The minimum absolute atomic E-state index is 0.0730. The molecule has 1 aliphatic rings. The van der Waals surface area contributed by atoms with Gasteiger partial charge < -0.3 is 9.80 Å². The van der Waals surface area contributed by atoms with E-state index in [4.69, 9.17) is 0 Å². The molecule has 2 rings (SSSR count). The summed E-state index contributed by atoms with van der Waals surface area (Å²) in [6, 6.07) is 7.45. The van der Waals surface area contributed by atoms with Gasteiger partial charge in [0.15, 0.2) is 9.84 Å². The molecule has 0 radical (unpaired) electrons. The lowest BCUT2D eigenvalue weighted by molar-refractivity contribution is -0.127. The number of sulfone groups is 1. The smallest absolute Gasteiger partial charge is 0.246 e. The third kappa shape index (κ3) is 6.24. The van der Waals surface area contributed by atoms with Gasteiger partial charge >= 0.3 is 0 Å². The standard InChI is InChI=1S/C18H25BrN2O3S/c1-20(2)11-5-12-21(16-10-13-25(23,24)14-16)18(22)9-8-15-6-3-4-7-17(15)19/h3-4,6-9,16H,5,10-14H2,1-2H3/b9-8+. The summed E-state index contributed by atoms with van der Waals surface area (Å²) >= 11 is 3.46. The normalized spacial score (nSPS) is 19.6. The summed E-state index contributed by atoms with van der Waals surface area (Å²) in [7, 11) is 0.945. The van der Waals surface area contributed by atoms with Crippen molar-refractivity contribution in [2.24, 2.45) is 0 Å². The summed E-state index contributed by atoms with van der Waals surface area (Å²) < 4.78 is 24.5. The molecule has 1 aromatic carbocycles. The molecule has 0 N–H and O–H groups in total. The molecule has 0 aliphatic carbocycles. The van der Waals surface area contributed by atoms with Crippen LogP contribution in [-0.2, 0) is 14.6 Å². The highest BCUT2D eigenvalue weighted by molar-refractivity contribution is 9.10. The average molecular weight is 429 g/mol. The number of hydrogen-bond donors (Lipinski definition) is 0. The van der Waals surface area contributed by atoms with Crippen LogP contribution in [0.4, 0.5) is 0 Å². The van der Waals surface area contributed by atoms with E-state index in [2.05, 4.69) is 20.8 Å². The predicted octanol–water partition coefficient (Wildman–Crippen LogP) is 2.43. The molecule has 138 valence electrons. The van der Waals surface area contributed by atoms with Crippen LogP contribution in [0.3, 0.4) is 0 Å². The number of nitrogens with zero attached hydrogens (tertiary/aromatic N) is 2. The van der Waals surface area contributed by atoms with Gasteiger partial charge in [0.2, 0.25) is 5.91 Å². The van der Waals surface area contributed by atoms with Crippen molar-refractivity contribution in [1.82, 2.24) is 9.80 Å². The van der Waals surface area contributed by atoms with E-state index in [-0.39, 0.29) is 23.5 Å². The van der Waals surface area contributed by atoms with Crippen LogP contribution in [-0.4, -0.2) is 68.9 Å². The van der Waals surface area contributed by atoms with E-state index < -0.39 is 9.84 Å². The second-order valence-electron chi connectivity index (χ2n) is 6.60. The van der Waals surface area contributed by atoms with E-state index in [0.717, 1.165) is 23.0 Å². The zero-order chi connectivity index (χ0) is 18.4. The Balaban J connectivity index is 2.10. The monoisotopic (exact) mass is 428 g/mol. The average Bonchev–Trinajstić information content (AvgIpc) is 2.90. The van der Waals surface area contributed by atoms with Gasteiger partial charge in [-0.3, -0.25) is 4.79 Å². The van der Waals surface area contributed by atoms with Crippen molar-refractivity contribution >= 4 is 37.8 Å². The van der Waals surface area contributed by atoms with Crippen LogP contribution in [0.1, 0.15) is 18.4 Å². The number of carbonyl (C=O) groups excluding carboxylic acids is 1. The molecular formula is C18H25BrN2O3S. The molecule has 1 heterocycles. The third-order valence-corrected chi connectivity index (χ3v) is 6.72. The van der Waals surface area contributed by atoms with Crippen molar-refractivity contribution in [3.05, 3.63) is 40.4 Å². The zero-order valence-corrected chi connectivity index (χ0v) is 17.1. The summed E-state index contributed by atoms with van der Waals surface area (Å²) in [6.07, 6.45) is 4.66. The summed E-state index contributed by atoms with van der Waals surface area (Å²) in [4.78, 5) is 16.5. The minimum Gasteiger partial charge on any atom is -0.335 e. The number of hydrogen-bond acceptors (Lipinski definition) is 4. The first-order chi connectivity index (χ1) is 11.8. The minimum atomic E-state index is -3.03. The first-order valence-corrected chi connectivity index (χ1v) is 11.0. The molecule has 1 amide bonds. The highest BCUT2D eigenvalue weighted by Gasteiger charge is 2.33. The van der Waals surface area contributed by atoms with E-state index in [1.807, 2.05) is 38.4 Å². The molecule has 1 atom stereocenters. The van der Waals surface area contributed by atoms with E-state index in [1.165, 1.54) is 0 Å². The summed E-state index contributed by atoms with van der Waals surface area (Å²) in [5.74, 6) is 0.115. The Labute approximate surface area is 158 Å². The van der Waals surface area contributed by atoms with Crippen LogP contribution in [0.5, 0.6) is 0 Å². The lowest BCUT2D eigenvalue weighted by atomic mass is 10.1. The molecular weight excluding hydrogens is 404 g/mol. The molecule has 25 heavy (non-hydrogen) atoms. The largest absolute Gasteiger partial charge is 0.335 e. The van der Waals surface area contributed by atoms with Gasteiger partial charge in [-0.2, -0.15) is 0 Å². The fraction of sp³-hybridized carbons (Fsp3) is 0.500. The van der Waals surface area contributed by atoms with Gasteiger partial charge in [-0.25, -0.2) is 8.42 Å². The van der Waals surface area contributed by atoms with Crippen molar-refractivity contribution in [2.75, 3.05) is 38.7 Å². The van der Waals surface area contributed by atoms with Crippen LogP contribution in [0.15, 0.2) is 34.8 Å². The molecule has 1 fully saturated rings. The van der Waals surface area contributed by atoms with Crippen molar-refractivity contribution in [1.29, 1.82) is 0 Å². The summed E-state index contributed by atoms with van der Waals surface area (Å²) in [5.41, 5.74) is 0.920. The Morgan fingerprint density at radius 2 is 2.00 bits per heavy atom. The van der Waals surface area contributed by atoms with Crippen molar-refractivity contribution in [3.8, 4) is 0 Å². The molecule has 1 saturated heterocycles. The lowest BCUT2D eigenvalue weighted by Crippen LogP contribution is -2.41. The molecule has 0 bridgehead atoms. The quantitative estimate of drug-likeness (QED) is 0.625. The maximum Gasteiger partial charge on any atom is 0.246 e. The number of amides is 1. The Kier molecular flexibility index (Phi) is 7.22. The van der Waals surface area contributed by atoms with Crippen LogP contribution in [0, 0.1) is 0 Å². The van der Waals surface area contributed by atoms with Crippen LogP contribution >= 0.6 is 15.9 Å². The summed E-state index contributed by atoms with van der Waals surface area (Å²) in [6.45, 7) is 1.43. The van der Waals surface area contributed by atoms with Gasteiger partial charge in [-0.15, -0.1) is 0 Å². The van der Waals surface area contributed by atoms with Gasteiger partial charge in [0.1, 0.15) is 0 Å². The lowest BCUT2D eigenvalue weighted by Gasteiger charge is -2.27. The fourth-order valence-corrected chi connectivity index (χ4v) is 5.07. The molecule has 0 saturated carbocycles. The summed E-state index contributed by atoms with van der Waals surface area (Å²) in [5, 5.41) is 0. The van der Waals surface area contributed by atoms with Crippen molar-refractivity contribution in [2.45, 2.75) is 18.9 Å². The molecule has 0 spiro atoms. The van der Waals surface area contributed by atoms with Crippen molar-refractivity contribution < 1.29 is 13.2 Å². The Hall–Kier alpha value is -1.18. The van der Waals surface area contributed by atoms with E-state index in [1.54, 1.807) is 17.1 Å². The topological polar surface area (TPSA) is 57.7 Å². The van der Waals surface area contributed by atoms with Gasteiger partial charge in [-0.1, -0.05) is 34.1 Å². The van der Waals surface area contributed by atoms with E-state index >= 15 is 0 Å². The fourth-order valence-electron chi connectivity index (χ4n) is 2.92. The predicted molar refractivity (Wildman–Crippen MR) is 105 cm³/mol. The van der Waals surface area contributed by atoms with Gasteiger partial charge in [-0.05, 0) is 51.2 Å². The number of rotatable bonds is 7. The Morgan fingerprint density at radius 1 is 1.28 bits per heavy atom. The zero-order valence-electron chi connectivity index (χ0n) is 14.7. The van der Waals surface area contributed by atoms with E-state index in [0.29, 0.717) is 13.0 Å². The maximum atomic E-state index is 12.7. The molecule has 7 heteroatoms. The highest BCUT2D eigenvalue weighted by atomic mass is 79.9. The van der Waals surface area contributed by atoms with Crippen LogP contribution in [0.2, 0.25) is 0 Å². The molecule has 0 aromatic heterocycles. The van der Waals surface area contributed by atoms with Gasteiger partial charge in [0, 0.05) is 23.1 Å². The molecule has 1 aromatic rings. The number of carbonyl (C=O) groups is 1. The SMILES string of the molecule is CN(C)CCCN(C(=O)/C=C/c1ccccc1Br)C1CCS(=O)(=O)C1. The molecule has 1 aliphatic heterocycles. The van der Waals surface area contributed by atoms with Crippen LogP contribution < -0.4 is 0 Å². The first kappa shape index (κ1) is 20.1. The van der Waals surface area contributed by atoms with Crippen LogP contribution in [0.25, 0.3) is 6.08 Å². The number of benzene rings is 1.